The summed E-state index contributed by atoms with van der Waals surface area (Å²) in [6.07, 6.45) is -4.54. The van der Waals surface area contributed by atoms with Crippen LogP contribution in [0.1, 0.15) is 37.2 Å². The first-order chi connectivity index (χ1) is 14.1. The lowest BCUT2D eigenvalue weighted by Crippen LogP contribution is -2.21. The smallest absolute Gasteiger partial charge is 0.365 e. The number of alkyl halides is 3. The molecule has 1 amide bonds. The van der Waals surface area contributed by atoms with Gasteiger partial charge in [-0.2, -0.15) is 13.2 Å². The summed E-state index contributed by atoms with van der Waals surface area (Å²) in [5, 5.41) is 7.83. The quantitative estimate of drug-likeness (QED) is 0.586. The van der Waals surface area contributed by atoms with Gasteiger partial charge in [-0.25, -0.2) is 4.68 Å². The van der Waals surface area contributed by atoms with Crippen LogP contribution in [0.5, 0.6) is 0 Å². The number of rotatable bonds is 6. The number of aromatic nitrogens is 3. The number of thiophene rings is 1. The first-order valence-electron chi connectivity index (χ1n) is 8.90. The molecule has 0 aliphatic carbocycles. The second-order valence-electron chi connectivity index (χ2n) is 6.78. The summed E-state index contributed by atoms with van der Waals surface area (Å²) in [6.45, 7) is 1.77. The van der Waals surface area contributed by atoms with Crippen LogP contribution in [-0.2, 0) is 19.6 Å². The van der Waals surface area contributed by atoms with Gasteiger partial charge >= 0.3 is 6.18 Å². The maximum atomic E-state index is 13.5. The van der Waals surface area contributed by atoms with E-state index in [9.17, 15) is 18.0 Å². The van der Waals surface area contributed by atoms with Crippen LogP contribution < -0.4 is 11.5 Å². The monoisotopic (exact) mass is 457 g/mol. The lowest BCUT2D eigenvalue weighted by atomic mass is 9.86. The molecule has 0 saturated heterocycles. The van der Waals surface area contributed by atoms with Gasteiger partial charge in [0.25, 0.3) is 5.91 Å². The molecule has 30 heavy (non-hydrogen) atoms. The fraction of sp³-hybridized carbons (Fsp3) is 0.316. The van der Waals surface area contributed by atoms with Crippen LogP contribution in [0.4, 0.5) is 13.2 Å². The molecule has 1 aromatic carbocycles. The number of aryl methyl sites for hydroxylation is 2. The normalized spacial score (nSPS) is 12.9. The number of carbonyl (C=O) groups is 1. The zero-order valence-electron chi connectivity index (χ0n) is 16.1. The highest BCUT2D eigenvalue weighted by Gasteiger charge is 2.35. The number of halogens is 4. The largest absolute Gasteiger partial charge is 0.416 e. The first kappa shape index (κ1) is 22.3. The van der Waals surface area contributed by atoms with Crippen LogP contribution in [-0.4, -0.2) is 27.4 Å². The minimum absolute atomic E-state index is 0.00144. The predicted molar refractivity (Wildman–Crippen MR) is 110 cm³/mol. The second kappa shape index (κ2) is 8.37. The van der Waals surface area contributed by atoms with Gasteiger partial charge in [0.1, 0.15) is 5.69 Å². The van der Waals surface area contributed by atoms with Gasteiger partial charge in [0.2, 0.25) is 0 Å². The SMILES string of the molecule is Cc1sc(C(N)=O)c([C@@H](CN)Cc2ccccc2C(F)(F)F)c1-c1c(Cl)nnn1C. The van der Waals surface area contributed by atoms with Gasteiger partial charge in [-0.3, -0.25) is 4.79 Å². The molecule has 0 radical (unpaired) electrons. The molecule has 2 heterocycles. The van der Waals surface area contributed by atoms with Crippen molar-refractivity contribution in [3.63, 3.8) is 0 Å². The molecule has 160 valence electrons. The van der Waals surface area contributed by atoms with Crippen molar-refractivity contribution in [2.45, 2.75) is 25.4 Å². The molecular weight excluding hydrogens is 439 g/mol. The Morgan fingerprint density at radius 1 is 1.33 bits per heavy atom. The summed E-state index contributed by atoms with van der Waals surface area (Å²) >= 11 is 7.37. The number of amides is 1. The van der Waals surface area contributed by atoms with Gasteiger partial charge in [-0.1, -0.05) is 35.0 Å². The number of nitrogens with two attached hydrogens (primary N) is 2. The van der Waals surface area contributed by atoms with Crippen molar-refractivity contribution < 1.29 is 18.0 Å². The standard InChI is InChI=1S/C19H19ClF3N5OS/c1-9-13(15-17(20)26-27-28(15)2)14(16(30-9)18(25)29)11(8-24)7-10-5-3-4-6-12(10)19(21,22)23/h3-6,11H,7-8,24H2,1-2H3,(H2,25,29)/t11-/m1/s1. The molecule has 4 N–H and O–H groups in total. The van der Waals surface area contributed by atoms with Crippen molar-refractivity contribution in [3.8, 4) is 11.3 Å². The number of nitrogens with zero attached hydrogens (tertiary/aromatic N) is 3. The molecular formula is C19H19ClF3N5OS. The third-order valence-corrected chi connectivity index (χ3v) is 6.24. The Morgan fingerprint density at radius 2 is 2.00 bits per heavy atom. The first-order valence-corrected chi connectivity index (χ1v) is 10.1. The van der Waals surface area contributed by atoms with E-state index in [1.165, 1.54) is 22.9 Å². The summed E-state index contributed by atoms with van der Waals surface area (Å²) in [6, 6.07) is 5.31. The molecule has 0 unspecified atom stereocenters. The molecule has 11 heteroatoms. The number of benzene rings is 1. The highest BCUT2D eigenvalue weighted by Crippen LogP contribution is 2.43. The summed E-state index contributed by atoms with van der Waals surface area (Å²) in [7, 11) is 1.63. The van der Waals surface area contributed by atoms with Gasteiger partial charge in [-0.15, -0.1) is 16.4 Å². The Kier molecular flexibility index (Phi) is 6.21. The number of primary amides is 1. The molecule has 0 fully saturated rings. The number of carbonyl (C=O) groups excluding carboxylic acids is 1. The predicted octanol–water partition coefficient (Wildman–Crippen LogP) is 3.91. The average molecular weight is 458 g/mol. The molecule has 0 saturated carbocycles. The highest BCUT2D eigenvalue weighted by atomic mass is 35.5. The summed E-state index contributed by atoms with van der Waals surface area (Å²) in [5.74, 6) is -1.29. The Bertz CT molecular complexity index is 1070. The topological polar surface area (TPSA) is 99.8 Å². The molecule has 0 aliphatic heterocycles. The van der Waals surface area contributed by atoms with Gasteiger partial charge < -0.3 is 11.5 Å². The Morgan fingerprint density at radius 3 is 2.53 bits per heavy atom. The van der Waals surface area contributed by atoms with Crippen molar-refractivity contribution >= 4 is 28.8 Å². The number of hydrogen-bond acceptors (Lipinski definition) is 5. The Labute approximate surface area is 179 Å². The Hall–Kier alpha value is -2.43. The second-order valence-corrected chi connectivity index (χ2v) is 8.37. The number of hydrogen-bond donors (Lipinski definition) is 2. The van der Waals surface area contributed by atoms with Crippen LogP contribution in [0.25, 0.3) is 11.3 Å². The van der Waals surface area contributed by atoms with Crippen LogP contribution in [0.15, 0.2) is 24.3 Å². The molecule has 3 rings (SSSR count). The summed E-state index contributed by atoms with van der Waals surface area (Å²) in [4.78, 5) is 13.1. The third kappa shape index (κ3) is 4.07. The lowest BCUT2D eigenvalue weighted by Gasteiger charge is -2.21. The molecule has 3 aromatic rings. The van der Waals surface area contributed by atoms with E-state index in [2.05, 4.69) is 10.3 Å². The average Bonchev–Trinajstić information content (AvgIpc) is 3.18. The van der Waals surface area contributed by atoms with Gasteiger partial charge in [0.15, 0.2) is 5.15 Å². The van der Waals surface area contributed by atoms with Crippen LogP contribution >= 0.6 is 22.9 Å². The highest BCUT2D eigenvalue weighted by molar-refractivity contribution is 7.14. The van der Waals surface area contributed by atoms with E-state index < -0.39 is 23.6 Å². The maximum absolute atomic E-state index is 13.5. The minimum atomic E-state index is -4.51. The van der Waals surface area contributed by atoms with Crippen LogP contribution in [0, 0.1) is 6.92 Å². The summed E-state index contributed by atoms with van der Waals surface area (Å²) < 4.78 is 41.9. The maximum Gasteiger partial charge on any atom is 0.416 e. The van der Waals surface area contributed by atoms with Gasteiger partial charge in [0.05, 0.1) is 10.4 Å². The van der Waals surface area contributed by atoms with Crippen molar-refractivity contribution in [2.24, 2.45) is 18.5 Å². The third-order valence-electron chi connectivity index (χ3n) is 4.85. The Balaban J connectivity index is 2.20. The van der Waals surface area contributed by atoms with E-state index >= 15 is 0 Å². The molecule has 0 bridgehead atoms. The molecule has 6 nitrogen and oxygen atoms in total. The van der Waals surface area contributed by atoms with Crippen LogP contribution in [0.3, 0.4) is 0 Å². The van der Waals surface area contributed by atoms with E-state index in [1.807, 2.05) is 0 Å². The van der Waals surface area contributed by atoms with E-state index in [4.69, 9.17) is 23.1 Å². The molecule has 1 atom stereocenters. The van der Waals surface area contributed by atoms with E-state index in [-0.39, 0.29) is 28.6 Å². The minimum Gasteiger partial charge on any atom is -0.365 e. The fourth-order valence-corrected chi connectivity index (χ4v) is 4.91. The van der Waals surface area contributed by atoms with E-state index in [0.29, 0.717) is 21.7 Å². The van der Waals surface area contributed by atoms with Crippen molar-refractivity contribution in [2.75, 3.05) is 6.54 Å². The zero-order chi connectivity index (χ0) is 22.2. The van der Waals surface area contributed by atoms with Crippen molar-refractivity contribution in [1.82, 2.24) is 15.0 Å². The fourth-order valence-electron chi connectivity index (χ4n) is 3.57. The van der Waals surface area contributed by atoms with Crippen molar-refractivity contribution in [1.29, 1.82) is 0 Å². The van der Waals surface area contributed by atoms with Gasteiger partial charge in [0, 0.05) is 23.4 Å². The lowest BCUT2D eigenvalue weighted by molar-refractivity contribution is -0.138. The summed E-state index contributed by atoms with van der Waals surface area (Å²) in [5.41, 5.74) is 12.4. The van der Waals surface area contributed by atoms with Gasteiger partial charge in [-0.05, 0) is 37.1 Å². The molecule has 0 spiro atoms. The molecule has 0 aliphatic rings. The van der Waals surface area contributed by atoms with Crippen molar-refractivity contribution in [3.05, 3.63) is 55.9 Å². The molecule has 2 aromatic heterocycles. The van der Waals surface area contributed by atoms with E-state index in [0.717, 1.165) is 17.4 Å². The van der Waals surface area contributed by atoms with E-state index in [1.54, 1.807) is 14.0 Å². The zero-order valence-corrected chi connectivity index (χ0v) is 17.7. The van der Waals surface area contributed by atoms with Crippen LogP contribution in [0.2, 0.25) is 5.15 Å².